The molecule has 0 unspecified atom stereocenters. The molecule has 2 rings (SSSR count). The van der Waals surface area contributed by atoms with Gasteiger partial charge in [-0.3, -0.25) is 4.79 Å². The summed E-state index contributed by atoms with van der Waals surface area (Å²) in [5, 5.41) is 12.9. The molecule has 3 nitrogen and oxygen atoms in total. The third-order valence-corrected chi connectivity index (χ3v) is 3.15. The molecule has 0 aliphatic heterocycles. The first-order chi connectivity index (χ1) is 7.22. The van der Waals surface area contributed by atoms with Gasteiger partial charge in [0.2, 0.25) is 5.91 Å². The number of halogens is 1. The van der Waals surface area contributed by atoms with Crippen molar-refractivity contribution >= 4 is 21.8 Å². The molecule has 1 amide bonds. The summed E-state index contributed by atoms with van der Waals surface area (Å²) in [6, 6.07) is 7.54. The highest BCUT2D eigenvalue weighted by Crippen LogP contribution is 2.31. The Labute approximate surface area is 96.6 Å². The van der Waals surface area contributed by atoms with E-state index in [1.165, 1.54) is 0 Å². The zero-order valence-electron chi connectivity index (χ0n) is 8.11. The van der Waals surface area contributed by atoms with Crippen molar-refractivity contribution in [3.05, 3.63) is 35.4 Å². The van der Waals surface area contributed by atoms with Crippen LogP contribution in [0.5, 0.6) is 0 Å². The Balaban J connectivity index is 2.22. The average Bonchev–Trinajstić information content (AvgIpc) is 2.55. The number of alkyl halides is 1. The molecule has 15 heavy (non-hydrogen) atoms. The first-order valence-electron chi connectivity index (χ1n) is 4.83. The summed E-state index contributed by atoms with van der Waals surface area (Å²) < 4.78 is 0. The molecule has 0 bridgehead atoms. The Morgan fingerprint density at radius 3 is 3.00 bits per heavy atom. The van der Waals surface area contributed by atoms with Gasteiger partial charge in [-0.2, -0.15) is 0 Å². The number of aliphatic hydroxyl groups is 1. The van der Waals surface area contributed by atoms with Crippen LogP contribution in [0.1, 0.15) is 17.2 Å². The molecule has 0 saturated heterocycles. The van der Waals surface area contributed by atoms with E-state index < -0.39 is 6.10 Å². The quantitative estimate of drug-likeness (QED) is 0.792. The van der Waals surface area contributed by atoms with E-state index in [1.54, 1.807) is 0 Å². The number of carbonyl (C=O) groups is 1. The zero-order chi connectivity index (χ0) is 10.8. The molecule has 2 atom stereocenters. The molecule has 0 fully saturated rings. The van der Waals surface area contributed by atoms with Crippen LogP contribution in [0, 0.1) is 0 Å². The Morgan fingerprint density at radius 1 is 1.53 bits per heavy atom. The molecule has 0 aromatic heterocycles. The fraction of sp³-hybridized carbons (Fsp3) is 0.364. The van der Waals surface area contributed by atoms with Gasteiger partial charge in [-0.25, -0.2) is 0 Å². The van der Waals surface area contributed by atoms with Crippen molar-refractivity contribution in [2.75, 3.05) is 5.33 Å². The predicted molar refractivity (Wildman–Crippen MR) is 60.8 cm³/mol. The van der Waals surface area contributed by atoms with Gasteiger partial charge >= 0.3 is 0 Å². The summed E-state index contributed by atoms with van der Waals surface area (Å²) in [6.45, 7) is 0. The second kappa shape index (κ2) is 4.33. The lowest BCUT2D eigenvalue weighted by Crippen LogP contribution is -2.34. The Kier molecular flexibility index (Phi) is 3.07. The van der Waals surface area contributed by atoms with Gasteiger partial charge < -0.3 is 10.4 Å². The van der Waals surface area contributed by atoms with Crippen LogP contribution in [0.4, 0.5) is 0 Å². The first kappa shape index (κ1) is 10.6. The number of hydrogen-bond acceptors (Lipinski definition) is 2. The molecule has 4 heteroatoms. The topological polar surface area (TPSA) is 49.3 Å². The SMILES string of the molecule is O=C(CBr)N[C@H]1c2ccccc2C[C@H]1O. The average molecular weight is 270 g/mol. The van der Waals surface area contributed by atoms with Crippen LogP contribution in [0.3, 0.4) is 0 Å². The number of benzene rings is 1. The number of fused-ring (bicyclic) bond motifs is 1. The molecular formula is C11H12BrNO2. The molecule has 0 saturated carbocycles. The second-order valence-corrected chi connectivity index (χ2v) is 4.21. The lowest BCUT2D eigenvalue weighted by atomic mass is 10.1. The van der Waals surface area contributed by atoms with Crippen LogP contribution < -0.4 is 5.32 Å². The fourth-order valence-corrected chi connectivity index (χ4v) is 2.12. The minimum atomic E-state index is -0.509. The van der Waals surface area contributed by atoms with Crippen LogP contribution >= 0.6 is 15.9 Å². The molecular weight excluding hydrogens is 258 g/mol. The van der Waals surface area contributed by atoms with E-state index in [9.17, 15) is 9.90 Å². The number of hydrogen-bond donors (Lipinski definition) is 2. The maximum absolute atomic E-state index is 11.3. The van der Waals surface area contributed by atoms with Gasteiger partial charge in [-0.1, -0.05) is 40.2 Å². The minimum Gasteiger partial charge on any atom is -0.390 e. The van der Waals surface area contributed by atoms with Crippen molar-refractivity contribution in [3.63, 3.8) is 0 Å². The molecule has 0 spiro atoms. The van der Waals surface area contributed by atoms with Crippen molar-refractivity contribution in [2.24, 2.45) is 0 Å². The van der Waals surface area contributed by atoms with E-state index in [0.29, 0.717) is 6.42 Å². The van der Waals surface area contributed by atoms with Crippen molar-refractivity contribution in [1.29, 1.82) is 0 Å². The first-order valence-corrected chi connectivity index (χ1v) is 5.95. The smallest absolute Gasteiger partial charge is 0.231 e. The van der Waals surface area contributed by atoms with Crippen LogP contribution in [-0.2, 0) is 11.2 Å². The summed E-state index contributed by atoms with van der Waals surface area (Å²) in [7, 11) is 0. The maximum atomic E-state index is 11.3. The number of rotatable bonds is 2. The van der Waals surface area contributed by atoms with Crippen LogP contribution in [-0.4, -0.2) is 22.4 Å². The Bertz CT molecular complexity index is 381. The molecule has 1 aliphatic rings. The van der Waals surface area contributed by atoms with Crippen molar-refractivity contribution in [3.8, 4) is 0 Å². The van der Waals surface area contributed by atoms with Crippen molar-refractivity contribution < 1.29 is 9.90 Å². The van der Waals surface area contributed by atoms with Gasteiger partial charge in [0, 0.05) is 6.42 Å². The molecule has 1 aliphatic carbocycles. The molecule has 80 valence electrons. The molecule has 0 radical (unpaired) electrons. The summed E-state index contributed by atoms with van der Waals surface area (Å²) in [5.74, 6) is -0.101. The molecule has 1 aromatic rings. The number of nitrogens with one attached hydrogen (secondary N) is 1. The predicted octanol–water partition coefficient (Wildman–Crippen LogP) is 1.16. The number of aliphatic hydroxyl groups excluding tert-OH is 1. The van der Waals surface area contributed by atoms with Gasteiger partial charge in [0.25, 0.3) is 0 Å². The van der Waals surface area contributed by atoms with Gasteiger partial charge in [-0.05, 0) is 11.1 Å². The van der Waals surface area contributed by atoms with Crippen molar-refractivity contribution in [2.45, 2.75) is 18.6 Å². The van der Waals surface area contributed by atoms with Crippen LogP contribution in [0.15, 0.2) is 24.3 Å². The molecule has 0 heterocycles. The summed E-state index contributed by atoms with van der Waals surface area (Å²) in [4.78, 5) is 11.3. The standard InChI is InChI=1S/C11H12BrNO2/c12-6-10(15)13-11-8-4-2-1-3-7(8)5-9(11)14/h1-4,9,11,14H,5-6H2,(H,13,15)/t9-,11+/m1/s1. The van der Waals surface area contributed by atoms with E-state index in [2.05, 4.69) is 21.2 Å². The lowest BCUT2D eigenvalue weighted by Gasteiger charge is -2.17. The van der Waals surface area contributed by atoms with Gasteiger partial charge in [0.15, 0.2) is 0 Å². The van der Waals surface area contributed by atoms with Gasteiger partial charge in [-0.15, -0.1) is 0 Å². The highest BCUT2D eigenvalue weighted by molar-refractivity contribution is 9.09. The van der Waals surface area contributed by atoms with E-state index >= 15 is 0 Å². The van der Waals surface area contributed by atoms with E-state index in [-0.39, 0.29) is 17.3 Å². The number of amides is 1. The van der Waals surface area contributed by atoms with Crippen LogP contribution in [0.25, 0.3) is 0 Å². The highest BCUT2D eigenvalue weighted by atomic mass is 79.9. The van der Waals surface area contributed by atoms with Crippen LogP contribution in [0.2, 0.25) is 0 Å². The van der Waals surface area contributed by atoms with E-state index in [4.69, 9.17) is 0 Å². The molecule has 1 aromatic carbocycles. The summed E-state index contributed by atoms with van der Waals surface area (Å²) in [6.07, 6.45) is 0.106. The summed E-state index contributed by atoms with van der Waals surface area (Å²) >= 11 is 3.09. The molecule has 2 N–H and O–H groups in total. The van der Waals surface area contributed by atoms with Crippen molar-refractivity contribution in [1.82, 2.24) is 5.32 Å². The number of carbonyl (C=O) groups excluding carboxylic acids is 1. The lowest BCUT2D eigenvalue weighted by molar-refractivity contribution is -0.119. The fourth-order valence-electron chi connectivity index (χ4n) is 1.96. The zero-order valence-corrected chi connectivity index (χ0v) is 9.70. The second-order valence-electron chi connectivity index (χ2n) is 3.65. The third kappa shape index (κ3) is 2.06. The van der Waals surface area contributed by atoms with E-state index in [1.807, 2.05) is 24.3 Å². The van der Waals surface area contributed by atoms with Gasteiger partial charge in [0.05, 0.1) is 17.5 Å². The maximum Gasteiger partial charge on any atom is 0.231 e. The van der Waals surface area contributed by atoms with Gasteiger partial charge in [0.1, 0.15) is 0 Å². The summed E-state index contributed by atoms with van der Waals surface area (Å²) in [5.41, 5.74) is 2.14. The Morgan fingerprint density at radius 2 is 2.27 bits per heavy atom. The monoisotopic (exact) mass is 269 g/mol. The normalized spacial score (nSPS) is 23.6. The third-order valence-electron chi connectivity index (χ3n) is 2.64. The minimum absolute atomic E-state index is 0.101. The van der Waals surface area contributed by atoms with E-state index in [0.717, 1.165) is 11.1 Å². The highest BCUT2D eigenvalue weighted by Gasteiger charge is 2.31. The Hall–Kier alpha value is -0.870. The largest absolute Gasteiger partial charge is 0.390 e.